The highest BCUT2D eigenvalue weighted by Gasteiger charge is 2.16. The number of carbonyl (C=O) groups excluding carboxylic acids is 2. The Morgan fingerprint density at radius 2 is 1.68 bits per heavy atom. The fraction of sp³-hybridized carbons (Fsp3) is 0.280. The van der Waals surface area contributed by atoms with Gasteiger partial charge in [0.05, 0.1) is 0 Å². The first kappa shape index (κ1) is 23.0. The normalized spacial score (nSPS) is 12.8. The van der Waals surface area contributed by atoms with Crippen LogP contribution in [-0.4, -0.2) is 41.6 Å². The van der Waals surface area contributed by atoms with Crippen LogP contribution in [-0.2, 0) is 16.1 Å². The van der Waals surface area contributed by atoms with E-state index in [0.717, 1.165) is 54.6 Å². The zero-order chi connectivity index (χ0) is 23.8. The fourth-order valence-electron chi connectivity index (χ4n) is 3.59. The molecule has 1 aromatic heterocycles. The number of anilines is 4. The molecule has 0 unspecified atom stereocenters. The SMILES string of the molecule is Cc1cc(Nc2ccc(NC(=O)CNC(=O)OCc3ccccc3)cc2)nc(N2CCCC2)n1. The van der Waals surface area contributed by atoms with Gasteiger partial charge in [0.1, 0.15) is 19.0 Å². The molecule has 1 saturated heterocycles. The van der Waals surface area contributed by atoms with E-state index >= 15 is 0 Å². The van der Waals surface area contributed by atoms with Gasteiger partial charge in [-0.1, -0.05) is 30.3 Å². The molecule has 176 valence electrons. The van der Waals surface area contributed by atoms with Gasteiger partial charge in [-0.05, 0) is 49.6 Å². The number of nitrogens with zero attached hydrogens (tertiary/aromatic N) is 3. The van der Waals surface area contributed by atoms with Gasteiger partial charge in [0, 0.05) is 36.2 Å². The first-order chi connectivity index (χ1) is 16.5. The predicted molar refractivity (Wildman–Crippen MR) is 131 cm³/mol. The highest BCUT2D eigenvalue weighted by molar-refractivity contribution is 5.94. The van der Waals surface area contributed by atoms with Crippen molar-refractivity contribution in [3.8, 4) is 0 Å². The number of alkyl carbamates (subject to hydrolysis) is 1. The molecule has 2 aromatic carbocycles. The van der Waals surface area contributed by atoms with E-state index in [2.05, 4.69) is 30.8 Å². The Bertz CT molecular complexity index is 1120. The third-order valence-corrected chi connectivity index (χ3v) is 5.28. The summed E-state index contributed by atoms with van der Waals surface area (Å²) in [5.74, 6) is 1.13. The molecule has 2 amide bonds. The van der Waals surface area contributed by atoms with Crippen LogP contribution in [0.15, 0.2) is 60.7 Å². The quantitative estimate of drug-likeness (QED) is 0.466. The zero-order valence-corrected chi connectivity index (χ0v) is 19.1. The van der Waals surface area contributed by atoms with Crippen LogP contribution in [0.5, 0.6) is 0 Å². The second kappa shape index (κ2) is 11.1. The van der Waals surface area contributed by atoms with E-state index in [1.54, 1.807) is 12.1 Å². The molecule has 9 nitrogen and oxygen atoms in total. The summed E-state index contributed by atoms with van der Waals surface area (Å²) in [6.07, 6.45) is 1.68. The fourth-order valence-corrected chi connectivity index (χ4v) is 3.59. The van der Waals surface area contributed by atoms with Gasteiger partial charge in [-0.3, -0.25) is 4.79 Å². The average Bonchev–Trinajstić information content (AvgIpc) is 3.38. The summed E-state index contributed by atoms with van der Waals surface area (Å²) in [5, 5.41) is 8.49. The maximum Gasteiger partial charge on any atom is 0.407 e. The van der Waals surface area contributed by atoms with Crippen molar-refractivity contribution in [1.29, 1.82) is 0 Å². The monoisotopic (exact) mass is 460 g/mol. The van der Waals surface area contributed by atoms with Gasteiger partial charge in [0.25, 0.3) is 0 Å². The predicted octanol–water partition coefficient (Wildman–Crippen LogP) is 3.99. The van der Waals surface area contributed by atoms with Crippen LogP contribution in [0.25, 0.3) is 0 Å². The lowest BCUT2D eigenvalue weighted by molar-refractivity contribution is -0.115. The van der Waals surface area contributed by atoms with Crippen LogP contribution in [0.1, 0.15) is 24.1 Å². The maximum atomic E-state index is 12.1. The van der Waals surface area contributed by atoms with E-state index < -0.39 is 6.09 Å². The van der Waals surface area contributed by atoms with Crippen molar-refractivity contribution in [2.75, 3.05) is 35.2 Å². The van der Waals surface area contributed by atoms with Gasteiger partial charge in [-0.2, -0.15) is 4.98 Å². The molecule has 0 radical (unpaired) electrons. The number of benzene rings is 2. The van der Waals surface area contributed by atoms with E-state index in [-0.39, 0.29) is 19.1 Å². The number of hydrogen-bond donors (Lipinski definition) is 3. The Labute approximate surface area is 198 Å². The minimum absolute atomic E-state index is 0.147. The molecule has 2 heterocycles. The highest BCUT2D eigenvalue weighted by atomic mass is 16.5. The van der Waals surface area contributed by atoms with Gasteiger partial charge < -0.3 is 25.6 Å². The van der Waals surface area contributed by atoms with Gasteiger partial charge >= 0.3 is 6.09 Å². The largest absolute Gasteiger partial charge is 0.445 e. The number of nitrogens with one attached hydrogen (secondary N) is 3. The van der Waals surface area contributed by atoms with Crippen molar-refractivity contribution in [3.05, 3.63) is 71.9 Å². The molecular weight excluding hydrogens is 432 g/mol. The van der Waals surface area contributed by atoms with Crippen molar-refractivity contribution < 1.29 is 14.3 Å². The molecule has 4 rings (SSSR count). The number of carbonyl (C=O) groups is 2. The molecule has 0 spiro atoms. The highest BCUT2D eigenvalue weighted by Crippen LogP contribution is 2.22. The van der Waals surface area contributed by atoms with E-state index in [1.165, 1.54) is 0 Å². The molecule has 1 fully saturated rings. The van der Waals surface area contributed by atoms with Crippen LogP contribution in [0.4, 0.5) is 27.9 Å². The Balaban J connectivity index is 1.24. The van der Waals surface area contributed by atoms with Crippen LogP contribution < -0.4 is 20.9 Å². The Hall–Kier alpha value is -4.14. The van der Waals surface area contributed by atoms with E-state index in [4.69, 9.17) is 4.74 Å². The second-order valence-electron chi connectivity index (χ2n) is 8.05. The standard InChI is InChI=1S/C25H28N6O3/c1-18-15-22(30-24(27-18)31-13-5-6-14-31)28-20-9-11-21(12-10-20)29-23(32)16-26-25(33)34-17-19-7-3-2-4-8-19/h2-4,7-12,15H,5-6,13-14,16-17H2,1H3,(H,26,33)(H,29,32)(H,27,28,30). The topological polar surface area (TPSA) is 108 Å². The lowest BCUT2D eigenvalue weighted by Crippen LogP contribution is -2.33. The molecule has 0 saturated carbocycles. The molecule has 3 N–H and O–H groups in total. The number of amides is 2. The first-order valence-corrected chi connectivity index (χ1v) is 11.3. The smallest absolute Gasteiger partial charge is 0.407 e. The van der Waals surface area contributed by atoms with Crippen LogP contribution in [0, 0.1) is 6.92 Å². The van der Waals surface area contributed by atoms with Gasteiger partial charge in [-0.25, -0.2) is 9.78 Å². The lowest BCUT2D eigenvalue weighted by Gasteiger charge is -2.17. The molecule has 34 heavy (non-hydrogen) atoms. The summed E-state index contributed by atoms with van der Waals surface area (Å²) in [6.45, 7) is 3.88. The van der Waals surface area contributed by atoms with Crippen molar-refractivity contribution in [2.45, 2.75) is 26.4 Å². The van der Waals surface area contributed by atoms with Gasteiger partial charge in [-0.15, -0.1) is 0 Å². The molecule has 9 heteroatoms. The van der Waals surface area contributed by atoms with Crippen molar-refractivity contribution >= 4 is 35.1 Å². The third kappa shape index (κ3) is 6.68. The van der Waals surface area contributed by atoms with Gasteiger partial charge in [0.2, 0.25) is 11.9 Å². The number of rotatable bonds is 8. The van der Waals surface area contributed by atoms with E-state index in [9.17, 15) is 9.59 Å². The second-order valence-corrected chi connectivity index (χ2v) is 8.05. The maximum absolute atomic E-state index is 12.1. The molecule has 1 aliphatic heterocycles. The van der Waals surface area contributed by atoms with Crippen molar-refractivity contribution in [3.63, 3.8) is 0 Å². The van der Waals surface area contributed by atoms with E-state index in [1.807, 2.05) is 55.5 Å². The molecular formula is C25H28N6O3. The lowest BCUT2D eigenvalue weighted by atomic mass is 10.2. The summed E-state index contributed by atoms with van der Waals surface area (Å²) in [7, 11) is 0. The number of hydrogen-bond acceptors (Lipinski definition) is 7. The zero-order valence-electron chi connectivity index (χ0n) is 19.1. The summed E-state index contributed by atoms with van der Waals surface area (Å²) in [4.78, 5) is 35.3. The van der Waals surface area contributed by atoms with Gasteiger partial charge in [0.15, 0.2) is 0 Å². The van der Waals surface area contributed by atoms with Crippen LogP contribution >= 0.6 is 0 Å². The minimum atomic E-state index is -0.646. The van der Waals surface area contributed by atoms with Crippen molar-refractivity contribution in [2.24, 2.45) is 0 Å². The summed E-state index contributed by atoms with van der Waals surface area (Å²) in [5.41, 5.74) is 3.23. The third-order valence-electron chi connectivity index (χ3n) is 5.28. The number of aryl methyl sites for hydroxylation is 1. The molecule has 0 bridgehead atoms. The summed E-state index contributed by atoms with van der Waals surface area (Å²) >= 11 is 0. The van der Waals surface area contributed by atoms with Crippen LogP contribution in [0.3, 0.4) is 0 Å². The van der Waals surface area contributed by atoms with E-state index in [0.29, 0.717) is 5.69 Å². The summed E-state index contributed by atoms with van der Waals surface area (Å²) < 4.78 is 5.10. The summed E-state index contributed by atoms with van der Waals surface area (Å²) in [6, 6.07) is 18.5. The Morgan fingerprint density at radius 3 is 2.41 bits per heavy atom. The average molecular weight is 461 g/mol. The molecule has 0 atom stereocenters. The molecule has 0 aliphatic carbocycles. The Morgan fingerprint density at radius 1 is 0.971 bits per heavy atom. The Kier molecular flexibility index (Phi) is 7.54. The number of aromatic nitrogens is 2. The molecule has 1 aliphatic rings. The molecule has 3 aromatic rings. The first-order valence-electron chi connectivity index (χ1n) is 11.3. The minimum Gasteiger partial charge on any atom is -0.445 e. The van der Waals surface area contributed by atoms with Crippen molar-refractivity contribution in [1.82, 2.24) is 15.3 Å². The number of ether oxygens (including phenoxy) is 1. The van der Waals surface area contributed by atoms with Crippen LogP contribution in [0.2, 0.25) is 0 Å².